The Hall–Kier alpha value is -1.07. The largest absolute Gasteiger partial charge is 0.309 e. The van der Waals surface area contributed by atoms with Crippen molar-refractivity contribution in [3.63, 3.8) is 0 Å². The molecule has 0 aromatic heterocycles. The van der Waals surface area contributed by atoms with Crippen LogP contribution in [0.15, 0.2) is 18.2 Å². The van der Waals surface area contributed by atoms with Crippen LogP contribution in [0.4, 0.5) is 4.39 Å². The molecular weight excluding hydrogens is 177 g/mol. The summed E-state index contributed by atoms with van der Waals surface area (Å²) in [5, 5.41) is 0.318. The summed E-state index contributed by atoms with van der Waals surface area (Å²) >= 11 is 5.72. The van der Waals surface area contributed by atoms with Crippen molar-refractivity contribution in [2.75, 3.05) is 0 Å². The summed E-state index contributed by atoms with van der Waals surface area (Å²) in [5.74, 6) is -0.374. The Kier molecular flexibility index (Phi) is 2.67. The van der Waals surface area contributed by atoms with E-state index in [2.05, 4.69) is 4.85 Å². The Morgan fingerprint density at radius 3 is 2.75 bits per heavy atom. The van der Waals surface area contributed by atoms with Gasteiger partial charge >= 0.3 is 0 Å². The summed E-state index contributed by atoms with van der Waals surface area (Å²) in [7, 11) is 0. The van der Waals surface area contributed by atoms with Gasteiger partial charge in [-0.3, -0.25) is 0 Å². The van der Waals surface area contributed by atoms with E-state index in [-0.39, 0.29) is 11.9 Å². The summed E-state index contributed by atoms with van der Waals surface area (Å²) in [5.41, 5.74) is 0.674. The van der Waals surface area contributed by atoms with Gasteiger partial charge in [-0.05, 0) is 18.2 Å². The number of halogens is 2. The molecule has 0 aliphatic carbocycles. The third-order valence-electron chi connectivity index (χ3n) is 1.61. The van der Waals surface area contributed by atoms with Crippen LogP contribution >= 0.6 is 11.6 Å². The fourth-order valence-corrected chi connectivity index (χ4v) is 1.23. The molecule has 1 nitrogen and oxygen atoms in total. The SMILES string of the molecule is [C-]#[N+]C(C)c1ccc(F)cc1Cl. The van der Waals surface area contributed by atoms with Crippen molar-refractivity contribution in [3.05, 3.63) is 46.0 Å². The molecule has 0 fully saturated rings. The topological polar surface area (TPSA) is 4.36 Å². The molecular formula is C9H7ClFN. The molecule has 0 N–H and O–H groups in total. The molecule has 1 unspecified atom stereocenters. The molecule has 62 valence electrons. The zero-order valence-electron chi connectivity index (χ0n) is 6.51. The average molecular weight is 184 g/mol. The highest BCUT2D eigenvalue weighted by atomic mass is 35.5. The lowest BCUT2D eigenvalue weighted by Gasteiger charge is -2.01. The first-order chi connectivity index (χ1) is 5.65. The van der Waals surface area contributed by atoms with E-state index in [0.717, 1.165) is 0 Å². The van der Waals surface area contributed by atoms with Gasteiger partial charge in [0.1, 0.15) is 5.82 Å². The predicted octanol–water partition coefficient (Wildman–Crippen LogP) is 3.46. The average Bonchev–Trinajstić information content (AvgIpc) is 2.03. The van der Waals surface area contributed by atoms with Crippen LogP contribution in [0.25, 0.3) is 4.85 Å². The second kappa shape index (κ2) is 3.55. The number of rotatable bonds is 1. The molecule has 0 bridgehead atoms. The number of hydrogen-bond acceptors (Lipinski definition) is 0. The first-order valence-corrected chi connectivity index (χ1v) is 3.84. The third kappa shape index (κ3) is 1.75. The maximum absolute atomic E-state index is 12.6. The van der Waals surface area contributed by atoms with E-state index < -0.39 is 0 Å². The van der Waals surface area contributed by atoms with Gasteiger partial charge in [-0.1, -0.05) is 11.6 Å². The van der Waals surface area contributed by atoms with E-state index in [1.807, 2.05) is 0 Å². The molecule has 1 rings (SSSR count). The Morgan fingerprint density at radius 2 is 2.25 bits per heavy atom. The van der Waals surface area contributed by atoms with Gasteiger partial charge in [-0.2, -0.15) is 0 Å². The zero-order chi connectivity index (χ0) is 9.14. The van der Waals surface area contributed by atoms with Crippen LogP contribution in [0.1, 0.15) is 18.5 Å². The van der Waals surface area contributed by atoms with Crippen LogP contribution in [0.2, 0.25) is 5.02 Å². The lowest BCUT2D eigenvalue weighted by Crippen LogP contribution is -1.88. The molecule has 0 aliphatic heterocycles. The van der Waals surface area contributed by atoms with Gasteiger partial charge in [0.05, 0.1) is 10.6 Å². The van der Waals surface area contributed by atoms with E-state index in [4.69, 9.17) is 18.2 Å². The molecule has 1 aromatic carbocycles. The van der Waals surface area contributed by atoms with Gasteiger partial charge in [0.25, 0.3) is 0 Å². The summed E-state index contributed by atoms with van der Waals surface area (Å²) in [6, 6.07) is 3.76. The maximum Gasteiger partial charge on any atom is 0.247 e. The second-order valence-corrected chi connectivity index (χ2v) is 2.88. The first kappa shape index (κ1) is 9.02. The van der Waals surface area contributed by atoms with E-state index in [9.17, 15) is 4.39 Å². The minimum Gasteiger partial charge on any atom is -0.309 e. The molecule has 0 radical (unpaired) electrons. The highest BCUT2D eigenvalue weighted by Crippen LogP contribution is 2.25. The van der Waals surface area contributed by atoms with Gasteiger partial charge in [-0.15, -0.1) is 0 Å². The summed E-state index contributed by atoms with van der Waals surface area (Å²) in [4.78, 5) is 3.29. The fraction of sp³-hybridized carbons (Fsp3) is 0.222. The maximum atomic E-state index is 12.6. The quantitative estimate of drug-likeness (QED) is 0.588. The van der Waals surface area contributed by atoms with Gasteiger partial charge in [-0.25, -0.2) is 11.0 Å². The Bertz CT molecular complexity index is 330. The van der Waals surface area contributed by atoms with Crippen LogP contribution in [-0.2, 0) is 0 Å². The molecule has 0 heterocycles. The standard InChI is InChI=1S/C9H7ClFN/c1-6(12-2)8-4-3-7(11)5-9(8)10/h3-6H,1H3. The predicted molar refractivity (Wildman–Crippen MR) is 46.4 cm³/mol. The van der Waals surface area contributed by atoms with Crippen LogP contribution < -0.4 is 0 Å². The molecule has 1 aromatic rings. The van der Waals surface area contributed by atoms with Crippen molar-refractivity contribution < 1.29 is 4.39 Å². The minimum absolute atomic E-state index is 0.307. The van der Waals surface area contributed by atoms with Gasteiger partial charge < -0.3 is 4.85 Å². The summed E-state index contributed by atoms with van der Waals surface area (Å²) in [6.45, 7) is 8.50. The Morgan fingerprint density at radius 1 is 1.58 bits per heavy atom. The number of hydrogen-bond donors (Lipinski definition) is 0. The molecule has 0 saturated heterocycles. The lowest BCUT2D eigenvalue weighted by molar-refractivity contribution is 0.627. The molecule has 1 atom stereocenters. The highest BCUT2D eigenvalue weighted by Gasteiger charge is 2.12. The molecule has 0 aliphatic rings. The fourth-order valence-electron chi connectivity index (χ4n) is 0.910. The Balaban J connectivity index is 3.11. The van der Waals surface area contributed by atoms with Crippen LogP contribution in [0.3, 0.4) is 0 Å². The van der Waals surface area contributed by atoms with E-state index in [0.29, 0.717) is 10.6 Å². The summed E-state index contributed by atoms with van der Waals surface area (Å²) in [6.07, 6.45) is 0. The normalized spacial score (nSPS) is 12.2. The van der Waals surface area contributed by atoms with Crippen molar-refractivity contribution >= 4 is 11.6 Å². The second-order valence-electron chi connectivity index (χ2n) is 2.47. The molecule has 0 spiro atoms. The highest BCUT2D eigenvalue weighted by molar-refractivity contribution is 6.31. The van der Waals surface area contributed by atoms with Crippen molar-refractivity contribution in [1.82, 2.24) is 0 Å². The lowest BCUT2D eigenvalue weighted by atomic mass is 10.1. The monoisotopic (exact) mass is 183 g/mol. The van der Waals surface area contributed by atoms with Gasteiger partial charge in [0.15, 0.2) is 0 Å². The van der Waals surface area contributed by atoms with Crippen molar-refractivity contribution in [3.8, 4) is 0 Å². The Labute approximate surface area is 75.6 Å². The zero-order valence-corrected chi connectivity index (χ0v) is 7.27. The molecule has 0 saturated carbocycles. The van der Waals surface area contributed by atoms with Crippen molar-refractivity contribution in [2.24, 2.45) is 0 Å². The van der Waals surface area contributed by atoms with Crippen molar-refractivity contribution in [1.29, 1.82) is 0 Å². The number of benzene rings is 1. The van der Waals surface area contributed by atoms with Crippen molar-refractivity contribution in [2.45, 2.75) is 13.0 Å². The molecule has 12 heavy (non-hydrogen) atoms. The van der Waals surface area contributed by atoms with E-state index in [1.54, 1.807) is 13.0 Å². The van der Waals surface area contributed by atoms with Crippen LogP contribution in [0, 0.1) is 12.4 Å². The van der Waals surface area contributed by atoms with E-state index >= 15 is 0 Å². The van der Waals surface area contributed by atoms with Gasteiger partial charge in [0.2, 0.25) is 6.04 Å². The molecule has 3 heteroatoms. The van der Waals surface area contributed by atoms with Crippen LogP contribution in [-0.4, -0.2) is 0 Å². The van der Waals surface area contributed by atoms with E-state index in [1.165, 1.54) is 12.1 Å². The van der Waals surface area contributed by atoms with Crippen LogP contribution in [0.5, 0.6) is 0 Å². The number of nitrogens with zero attached hydrogens (tertiary/aromatic N) is 1. The summed E-state index contributed by atoms with van der Waals surface area (Å²) < 4.78 is 12.6. The molecule has 0 amide bonds. The third-order valence-corrected chi connectivity index (χ3v) is 1.93. The van der Waals surface area contributed by atoms with Gasteiger partial charge in [0, 0.05) is 6.92 Å². The smallest absolute Gasteiger partial charge is 0.247 e. The first-order valence-electron chi connectivity index (χ1n) is 3.46. The minimum atomic E-state index is -0.374.